The minimum atomic E-state index is -0.0289. The zero-order valence-corrected chi connectivity index (χ0v) is 14.1. The number of nitrogens with one attached hydrogen (secondary N) is 1. The van der Waals surface area contributed by atoms with Crippen molar-refractivity contribution in [2.75, 3.05) is 6.54 Å². The van der Waals surface area contributed by atoms with Gasteiger partial charge >= 0.3 is 0 Å². The van der Waals surface area contributed by atoms with Gasteiger partial charge in [-0.15, -0.1) is 16.4 Å². The van der Waals surface area contributed by atoms with E-state index in [1.807, 2.05) is 35.6 Å². The second-order valence-corrected chi connectivity index (χ2v) is 7.84. The first-order chi connectivity index (χ1) is 11.8. The molecule has 5 rings (SSSR count). The number of hydrogen-bond acceptors (Lipinski definition) is 4. The lowest BCUT2D eigenvalue weighted by Crippen LogP contribution is -3.13. The van der Waals surface area contributed by atoms with Crippen LogP contribution in [-0.2, 0) is 13.1 Å². The van der Waals surface area contributed by atoms with Gasteiger partial charge in [0, 0.05) is 22.8 Å². The van der Waals surface area contributed by atoms with Gasteiger partial charge < -0.3 is 4.90 Å². The number of fused-ring (bicyclic) bond motifs is 2. The molecule has 122 valence electrons. The maximum absolute atomic E-state index is 12.7. The molecular weight excluding hydrogens is 320 g/mol. The fourth-order valence-corrected chi connectivity index (χ4v) is 4.92. The van der Waals surface area contributed by atoms with E-state index in [1.54, 1.807) is 4.68 Å². The van der Waals surface area contributed by atoms with E-state index in [9.17, 15) is 4.79 Å². The highest BCUT2D eigenvalue weighted by molar-refractivity contribution is 7.10. The Bertz CT molecular complexity index is 959. The number of hydrogen-bond donors (Lipinski definition) is 1. The van der Waals surface area contributed by atoms with E-state index in [2.05, 4.69) is 21.8 Å². The van der Waals surface area contributed by atoms with Crippen molar-refractivity contribution in [1.29, 1.82) is 0 Å². The summed E-state index contributed by atoms with van der Waals surface area (Å²) in [5.74, 6) is 0.762. The number of nitrogens with zero attached hydrogens (tertiary/aromatic N) is 3. The van der Waals surface area contributed by atoms with Crippen LogP contribution in [0.3, 0.4) is 0 Å². The Hall–Kier alpha value is -2.05. The minimum absolute atomic E-state index is 0.0289. The first-order valence-corrected chi connectivity index (χ1v) is 9.42. The number of rotatable bonds is 3. The molecule has 3 aromatic rings. The number of thiophene rings is 1. The normalized spacial score (nSPS) is 23.3. The molecule has 1 aromatic carbocycles. The van der Waals surface area contributed by atoms with E-state index in [0.29, 0.717) is 23.6 Å². The molecule has 2 atom stereocenters. The Labute approximate surface area is 143 Å². The van der Waals surface area contributed by atoms with Crippen LogP contribution < -0.4 is 10.5 Å². The lowest BCUT2D eigenvalue weighted by atomic mass is 9.96. The molecule has 0 spiro atoms. The van der Waals surface area contributed by atoms with Crippen molar-refractivity contribution in [3.8, 4) is 0 Å². The van der Waals surface area contributed by atoms with Crippen molar-refractivity contribution in [2.45, 2.75) is 32.0 Å². The zero-order chi connectivity index (χ0) is 16.1. The smallest absolute Gasteiger partial charge is 0.282 e. The minimum Gasteiger partial charge on any atom is -0.309 e. The van der Waals surface area contributed by atoms with Crippen molar-refractivity contribution in [2.24, 2.45) is 5.92 Å². The Balaban J connectivity index is 1.51. The van der Waals surface area contributed by atoms with E-state index in [0.717, 1.165) is 18.9 Å². The third-order valence-corrected chi connectivity index (χ3v) is 6.30. The summed E-state index contributed by atoms with van der Waals surface area (Å²) >= 11 is 1.88. The van der Waals surface area contributed by atoms with Gasteiger partial charge in [-0.1, -0.05) is 17.3 Å². The summed E-state index contributed by atoms with van der Waals surface area (Å²) in [6, 6.07) is 10.2. The zero-order valence-electron chi connectivity index (χ0n) is 13.3. The molecule has 0 radical (unpaired) electrons. The van der Waals surface area contributed by atoms with E-state index < -0.39 is 0 Å². The largest absolute Gasteiger partial charge is 0.309 e. The summed E-state index contributed by atoms with van der Waals surface area (Å²) in [5, 5.41) is 11.3. The predicted octanol–water partition coefficient (Wildman–Crippen LogP) is 1.40. The molecule has 2 aliphatic rings. The van der Waals surface area contributed by atoms with Gasteiger partial charge in [0.05, 0.1) is 11.9 Å². The monoisotopic (exact) mass is 339 g/mol. The lowest BCUT2D eigenvalue weighted by Gasteiger charge is -2.32. The third kappa shape index (κ3) is 2.29. The second kappa shape index (κ2) is 5.50. The van der Waals surface area contributed by atoms with Gasteiger partial charge in [-0.05, 0) is 36.4 Å². The number of quaternary nitrogens is 1. The molecule has 1 fully saturated rings. The first kappa shape index (κ1) is 14.3. The Morgan fingerprint density at radius 3 is 3.00 bits per heavy atom. The van der Waals surface area contributed by atoms with E-state index in [4.69, 9.17) is 0 Å². The molecule has 1 aliphatic heterocycles. The van der Waals surface area contributed by atoms with Crippen LogP contribution in [0.25, 0.3) is 10.9 Å². The topological polar surface area (TPSA) is 52.2 Å². The molecular formula is C18H19N4OS+. The Kier molecular flexibility index (Phi) is 3.28. The predicted molar refractivity (Wildman–Crippen MR) is 93.1 cm³/mol. The summed E-state index contributed by atoms with van der Waals surface area (Å²) in [6.07, 6.45) is 3.71. The van der Waals surface area contributed by atoms with Crippen LogP contribution >= 0.6 is 11.3 Å². The number of benzene rings is 1. The molecule has 6 heteroatoms. The Morgan fingerprint density at radius 2 is 2.12 bits per heavy atom. The highest BCUT2D eigenvalue weighted by atomic mass is 32.1. The van der Waals surface area contributed by atoms with Crippen LogP contribution in [0, 0.1) is 5.92 Å². The fraction of sp³-hybridized carbons (Fsp3) is 0.389. The average Bonchev–Trinajstić information content (AvgIpc) is 3.33. The Morgan fingerprint density at radius 1 is 1.25 bits per heavy atom. The summed E-state index contributed by atoms with van der Waals surface area (Å²) in [6.45, 7) is 1.67. The van der Waals surface area contributed by atoms with Gasteiger partial charge in [0.2, 0.25) is 0 Å². The van der Waals surface area contributed by atoms with Crippen LogP contribution in [0.2, 0.25) is 0 Å². The van der Waals surface area contributed by atoms with Crippen molar-refractivity contribution in [3.63, 3.8) is 0 Å². The molecule has 0 saturated heterocycles. The molecule has 0 bridgehead atoms. The highest BCUT2D eigenvalue weighted by Gasteiger charge is 2.43. The van der Waals surface area contributed by atoms with Crippen molar-refractivity contribution in [3.05, 3.63) is 56.5 Å². The quantitative estimate of drug-likeness (QED) is 0.785. The molecule has 1 aliphatic carbocycles. The van der Waals surface area contributed by atoms with Crippen LogP contribution in [0.4, 0.5) is 0 Å². The summed E-state index contributed by atoms with van der Waals surface area (Å²) in [7, 11) is 0. The molecule has 1 unspecified atom stereocenters. The van der Waals surface area contributed by atoms with Gasteiger partial charge in [0.25, 0.3) is 5.56 Å². The van der Waals surface area contributed by atoms with Crippen LogP contribution in [0.5, 0.6) is 0 Å². The summed E-state index contributed by atoms with van der Waals surface area (Å²) < 4.78 is 1.56. The van der Waals surface area contributed by atoms with E-state index in [-0.39, 0.29) is 5.56 Å². The number of aromatic nitrogens is 3. The third-order valence-electron chi connectivity index (χ3n) is 5.30. The molecule has 1 saturated carbocycles. The molecule has 24 heavy (non-hydrogen) atoms. The molecule has 1 N–H and O–H groups in total. The second-order valence-electron chi connectivity index (χ2n) is 6.84. The molecule has 5 nitrogen and oxygen atoms in total. The van der Waals surface area contributed by atoms with Gasteiger partial charge in [-0.3, -0.25) is 4.79 Å². The lowest BCUT2D eigenvalue weighted by molar-refractivity contribution is -0.958. The van der Waals surface area contributed by atoms with Gasteiger partial charge in [0.15, 0.2) is 6.67 Å². The molecule has 0 amide bonds. The highest BCUT2D eigenvalue weighted by Crippen LogP contribution is 2.42. The van der Waals surface area contributed by atoms with Gasteiger partial charge in [0.1, 0.15) is 11.6 Å². The van der Waals surface area contributed by atoms with Gasteiger partial charge in [-0.2, -0.15) is 4.68 Å². The van der Waals surface area contributed by atoms with Crippen molar-refractivity contribution < 1.29 is 4.90 Å². The van der Waals surface area contributed by atoms with Crippen LogP contribution in [-0.4, -0.2) is 21.5 Å². The SMILES string of the molecule is O=c1c2ccccc2nnn1C[NH+]1CCc2sccc2[C@H]1C1CC1. The summed E-state index contributed by atoms with van der Waals surface area (Å²) in [4.78, 5) is 15.7. The fourth-order valence-electron chi connectivity index (χ4n) is 3.99. The maximum Gasteiger partial charge on any atom is 0.282 e. The maximum atomic E-state index is 12.7. The van der Waals surface area contributed by atoms with Crippen molar-refractivity contribution >= 4 is 22.2 Å². The van der Waals surface area contributed by atoms with Crippen LogP contribution in [0.15, 0.2) is 40.5 Å². The summed E-state index contributed by atoms with van der Waals surface area (Å²) in [5.41, 5.74) is 2.15. The van der Waals surface area contributed by atoms with Crippen molar-refractivity contribution in [1.82, 2.24) is 15.0 Å². The molecule has 3 heterocycles. The average molecular weight is 339 g/mol. The van der Waals surface area contributed by atoms with E-state index in [1.165, 1.54) is 28.2 Å². The van der Waals surface area contributed by atoms with Crippen LogP contribution in [0.1, 0.15) is 29.3 Å². The molecule has 2 aromatic heterocycles. The standard InChI is InChI=1S/C18H18N4OS/c23-18-13-3-1-2-4-15(13)19-20-22(18)11-21-9-7-16-14(8-10-24-16)17(21)12-5-6-12/h1-4,8,10,12,17H,5-7,9,11H2/p+1/t17-/m1/s1. The van der Waals surface area contributed by atoms with E-state index >= 15 is 0 Å². The first-order valence-electron chi connectivity index (χ1n) is 8.54. The van der Waals surface area contributed by atoms with Gasteiger partial charge in [-0.25, -0.2) is 0 Å².